The fraction of sp³-hybridized carbons (Fsp3) is 0.900. The summed E-state index contributed by atoms with van der Waals surface area (Å²) in [7, 11) is 0. The predicted octanol–water partition coefficient (Wildman–Crippen LogP) is 1.63. The van der Waals surface area contributed by atoms with Gasteiger partial charge in [-0.05, 0) is 33.6 Å². The van der Waals surface area contributed by atoms with Gasteiger partial charge in [0.1, 0.15) is 6.29 Å². The molecule has 76 valence electrons. The molecule has 0 aromatic heterocycles. The molecular weight excluding hydrogens is 166 g/mol. The quantitative estimate of drug-likeness (QED) is 0.612. The molecule has 0 unspecified atom stereocenters. The van der Waals surface area contributed by atoms with Gasteiger partial charge < -0.3 is 4.79 Å². The molecule has 0 spiro atoms. The van der Waals surface area contributed by atoms with Crippen LogP contribution in [0.1, 0.15) is 33.6 Å². The number of carbonyl (C=O) groups is 1. The van der Waals surface area contributed by atoms with Gasteiger partial charge in [-0.1, -0.05) is 0 Å². The van der Waals surface area contributed by atoms with Gasteiger partial charge in [0.25, 0.3) is 0 Å². The Labute approximate surface area is 80.0 Å². The van der Waals surface area contributed by atoms with Gasteiger partial charge in [0.15, 0.2) is 0 Å². The summed E-state index contributed by atoms with van der Waals surface area (Å²) in [5, 5.41) is 1.97. The van der Waals surface area contributed by atoms with E-state index >= 15 is 0 Å². The van der Waals surface area contributed by atoms with Crippen molar-refractivity contribution in [1.82, 2.24) is 5.06 Å². The smallest absolute Gasteiger partial charge is 0.123 e. The Bertz CT molecular complexity index is 166. The maximum atomic E-state index is 10.5. The van der Waals surface area contributed by atoms with Gasteiger partial charge in [0.2, 0.25) is 0 Å². The van der Waals surface area contributed by atoms with Crippen LogP contribution in [0.15, 0.2) is 0 Å². The highest BCUT2D eigenvalue weighted by Crippen LogP contribution is 2.18. The Morgan fingerprint density at radius 2 is 1.85 bits per heavy atom. The van der Waals surface area contributed by atoms with E-state index in [9.17, 15) is 4.79 Å². The topological polar surface area (TPSA) is 29.5 Å². The summed E-state index contributed by atoms with van der Waals surface area (Å²) in [6.07, 6.45) is 2.92. The highest BCUT2D eigenvalue weighted by molar-refractivity contribution is 5.53. The van der Waals surface area contributed by atoms with E-state index in [1.54, 1.807) is 0 Å². The third-order valence-electron chi connectivity index (χ3n) is 2.09. The molecule has 0 aromatic carbocycles. The van der Waals surface area contributed by atoms with Gasteiger partial charge in [-0.15, -0.1) is 0 Å². The molecule has 1 aliphatic rings. The number of hydrogen-bond acceptors (Lipinski definition) is 3. The van der Waals surface area contributed by atoms with Gasteiger partial charge in [-0.25, -0.2) is 0 Å². The summed E-state index contributed by atoms with van der Waals surface area (Å²) in [5.41, 5.74) is -0.117. The number of piperidine rings is 1. The lowest BCUT2D eigenvalue weighted by atomic mass is 10.00. The number of rotatable bonds is 2. The second-order valence-corrected chi connectivity index (χ2v) is 4.61. The molecule has 0 radical (unpaired) electrons. The maximum absolute atomic E-state index is 10.5. The van der Waals surface area contributed by atoms with Gasteiger partial charge in [0, 0.05) is 19.0 Å². The SMILES string of the molecule is CC(C)(C)ON1CCC(C=O)CC1. The molecule has 1 aliphatic heterocycles. The molecule has 0 aromatic rings. The molecule has 0 atom stereocenters. The van der Waals surface area contributed by atoms with Gasteiger partial charge in [0.05, 0.1) is 5.60 Å². The Kier molecular flexibility index (Phi) is 3.45. The van der Waals surface area contributed by atoms with Crippen molar-refractivity contribution >= 4 is 6.29 Å². The normalized spacial score (nSPS) is 21.8. The summed E-state index contributed by atoms with van der Waals surface area (Å²) >= 11 is 0. The van der Waals surface area contributed by atoms with Crippen molar-refractivity contribution in [3.8, 4) is 0 Å². The summed E-state index contributed by atoms with van der Waals surface area (Å²) in [5.74, 6) is 0.250. The van der Waals surface area contributed by atoms with E-state index in [1.807, 2.05) is 25.8 Å². The van der Waals surface area contributed by atoms with Crippen molar-refractivity contribution in [2.75, 3.05) is 13.1 Å². The monoisotopic (exact) mass is 185 g/mol. The molecule has 13 heavy (non-hydrogen) atoms. The van der Waals surface area contributed by atoms with E-state index in [0.717, 1.165) is 32.2 Å². The standard InChI is InChI=1S/C10H19NO2/c1-10(2,3)13-11-6-4-9(8-12)5-7-11/h8-9H,4-7H2,1-3H3. The first-order valence-corrected chi connectivity index (χ1v) is 4.90. The van der Waals surface area contributed by atoms with Crippen molar-refractivity contribution in [1.29, 1.82) is 0 Å². The first-order valence-electron chi connectivity index (χ1n) is 4.90. The van der Waals surface area contributed by atoms with Crippen LogP contribution in [0.25, 0.3) is 0 Å². The third-order valence-corrected chi connectivity index (χ3v) is 2.09. The molecule has 0 amide bonds. The van der Waals surface area contributed by atoms with Crippen molar-refractivity contribution < 1.29 is 9.63 Å². The van der Waals surface area contributed by atoms with E-state index in [-0.39, 0.29) is 11.5 Å². The molecule has 0 saturated carbocycles. The molecule has 3 heteroatoms. The van der Waals surface area contributed by atoms with E-state index in [4.69, 9.17) is 4.84 Å². The number of aldehydes is 1. The fourth-order valence-electron chi connectivity index (χ4n) is 1.49. The van der Waals surface area contributed by atoms with Crippen LogP contribution in [0.5, 0.6) is 0 Å². The Balaban J connectivity index is 2.29. The fourth-order valence-corrected chi connectivity index (χ4v) is 1.49. The molecule has 1 rings (SSSR count). The van der Waals surface area contributed by atoms with Crippen LogP contribution in [-0.4, -0.2) is 30.0 Å². The van der Waals surface area contributed by atoms with E-state index in [0.29, 0.717) is 0 Å². The van der Waals surface area contributed by atoms with E-state index < -0.39 is 0 Å². The minimum Gasteiger partial charge on any atom is -0.303 e. The highest BCUT2D eigenvalue weighted by atomic mass is 16.7. The molecule has 1 fully saturated rings. The van der Waals surface area contributed by atoms with E-state index in [1.165, 1.54) is 0 Å². The van der Waals surface area contributed by atoms with Crippen molar-refractivity contribution in [3.05, 3.63) is 0 Å². The summed E-state index contributed by atoms with van der Waals surface area (Å²) in [4.78, 5) is 16.2. The molecule has 1 heterocycles. The van der Waals surface area contributed by atoms with Crippen LogP contribution in [0.4, 0.5) is 0 Å². The van der Waals surface area contributed by atoms with Crippen LogP contribution >= 0.6 is 0 Å². The largest absolute Gasteiger partial charge is 0.303 e. The molecule has 3 nitrogen and oxygen atoms in total. The third kappa shape index (κ3) is 3.87. The number of carbonyl (C=O) groups excluding carboxylic acids is 1. The summed E-state index contributed by atoms with van der Waals surface area (Å²) in [6, 6.07) is 0. The molecule has 0 aliphatic carbocycles. The number of nitrogens with zero attached hydrogens (tertiary/aromatic N) is 1. The predicted molar refractivity (Wildman–Crippen MR) is 51.2 cm³/mol. The second kappa shape index (κ2) is 4.20. The van der Waals surface area contributed by atoms with Crippen molar-refractivity contribution in [2.45, 2.75) is 39.2 Å². The molecule has 0 N–H and O–H groups in total. The Morgan fingerprint density at radius 3 is 2.23 bits per heavy atom. The van der Waals surface area contributed by atoms with Crippen LogP contribution in [0.3, 0.4) is 0 Å². The van der Waals surface area contributed by atoms with Crippen LogP contribution in [0, 0.1) is 5.92 Å². The lowest BCUT2D eigenvalue weighted by Crippen LogP contribution is -2.39. The number of hydrogen-bond donors (Lipinski definition) is 0. The molecular formula is C10H19NO2. The molecule has 0 bridgehead atoms. The Hall–Kier alpha value is -0.410. The summed E-state index contributed by atoms with van der Waals surface area (Å²) in [6.45, 7) is 7.87. The maximum Gasteiger partial charge on any atom is 0.123 e. The zero-order valence-electron chi connectivity index (χ0n) is 8.75. The van der Waals surface area contributed by atoms with Gasteiger partial charge >= 0.3 is 0 Å². The molecule has 1 saturated heterocycles. The minimum atomic E-state index is -0.117. The van der Waals surface area contributed by atoms with Crippen LogP contribution < -0.4 is 0 Å². The van der Waals surface area contributed by atoms with Gasteiger partial charge in [-0.2, -0.15) is 5.06 Å². The first-order chi connectivity index (χ1) is 6.01. The zero-order valence-corrected chi connectivity index (χ0v) is 8.75. The first kappa shape index (κ1) is 10.7. The van der Waals surface area contributed by atoms with Crippen LogP contribution in [-0.2, 0) is 9.63 Å². The highest BCUT2D eigenvalue weighted by Gasteiger charge is 2.22. The average Bonchev–Trinajstić information content (AvgIpc) is 2.03. The van der Waals surface area contributed by atoms with Crippen molar-refractivity contribution in [3.63, 3.8) is 0 Å². The summed E-state index contributed by atoms with van der Waals surface area (Å²) < 4.78 is 0. The minimum absolute atomic E-state index is 0.117. The zero-order chi connectivity index (χ0) is 9.90. The lowest BCUT2D eigenvalue weighted by molar-refractivity contribution is -0.237. The Morgan fingerprint density at radius 1 is 1.31 bits per heavy atom. The lowest BCUT2D eigenvalue weighted by Gasteiger charge is -2.34. The van der Waals surface area contributed by atoms with Crippen LogP contribution in [0.2, 0.25) is 0 Å². The van der Waals surface area contributed by atoms with E-state index in [2.05, 4.69) is 0 Å². The van der Waals surface area contributed by atoms with Crippen molar-refractivity contribution in [2.24, 2.45) is 5.92 Å². The second-order valence-electron chi connectivity index (χ2n) is 4.61. The number of hydroxylamine groups is 2. The van der Waals surface area contributed by atoms with Gasteiger partial charge in [-0.3, -0.25) is 4.84 Å². The average molecular weight is 185 g/mol.